The average Bonchev–Trinajstić information content (AvgIpc) is 2.98. The predicted molar refractivity (Wildman–Crippen MR) is 81.7 cm³/mol. The number of piperidine rings is 1. The zero-order valence-electron chi connectivity index (χ0n) is 13.5. The summed E-state index contributed by atoms with van der Waals surface area (Å²) >= 11 is 0. The van der Waals surface area contributed by atoms with Crippen molar-refractivity contribution in [2.45, 2.75) is 32.3 Å². The van der Waals surface area contributed by atoms with E-state index >= 15 is 0 Å². The molecule has 0 aromatic carbocycles. The highest BCUT2D eigenvalue weighted by molar-refractivity contribution is 5.86. The van der Waals surface area contributed by atoms with Gasteiger partial charge in [0.1, 0.15) is 11.9 Å². The lowest BCUT2D eigenvalue weighted by Crippen LogP contribution is -2.43. The van der Waals surface area contributed by atoms with Gasteiger partial charge in [-0.15, -0.1) is 0 Å². The van der Waals surface area contributed by atoms with Crippen molar-refractivity contribution < 1.29 is 18.7 Å². The Kier molecular flexibility index (Phi) is 5.60. The summed E-state index contributed by atoms with van der Waals surface area (Å²) < 4.78 is 10.9. The van der Waals surface area contributed by atoms with Crippen molar-refractivity contribution in [3.8, 4) is 0 Å². The minimum absolute atomic E-state index is 0.0955. The number of nitrogens with zero attached hydrogens (tertiary/aromatic N) is 2. The van der Waals surface area contributed by atoms with Crippen molar-refractivity contribution >= 4 is 11.9 Å². The summed E-state index contributed by atoms with van der Waals surface area (Å²) in [6.45, 7) is 3.91. The molecular formula is C16H24N2O4. The molecule has 1 saturated heterocycles. The number of esters is 1. The molecule has 0 spiro atoms. The molecule has 0 N–H and O–H groups in total. The normalized spacial score (nSPS) is 16.5. The summed E-state index contributed by atoms with van der Waals surface area (Å²) in [5.41, 5.74) is 0. The SMILES string of the molecule is CCc1ccc(C(=O)OC2CCN(CC(=O)N(C)C)CC2)o1. The van der Waals surface area contributed by atoms with Gasteiger partial charge in [0, 0.05) is 33.6 Å². The second kappa shape index (κ2) is 7.45. The molecule has 1 aromatic heterocycles. The Bertz CT molecular complexity index is 516. The van der Waals surface area contributed by atoms with E-state index in [9.17, 15) is 9.59 Å². The Labute approximate surface area is 131 Å². The van der Waals surface area contributed by atoms with Crippen LogP contribution in [0.5, 0.6) is 0 Å². The maximum absolute atomic E-state index is 12.0. The largest absolute Gasteiger partial charge is 0.456 e. The fourth-order valence-corrected chi connectivity index (χ4v) is 2.41. The molecule has 0 bridgehead atoms. The fraction of sp³-hybridized carbons (Fsp3) is 0.625. The summed E-state index contributed by atoms with van der Waals surface area (Å²) in [5.74, 6) is 0.742. The number of likely N-dealkylation sites (tertiary alicyclic amines) is 1. The lowest BCUT2D eigenvalue weighted by atomic mass is 10.1. The second-order valence-corrected chi connectivity index (χ2v) is 5.79. The quantitative estimate of drug-likeness (QED) is 0.772. The molecule has 1 aliphatic heterocycles. The Balaban J connectivity index is 1.77. The Morgan fingerprint density at radius 1 is 1.32 bits per heavy atom. The van der Waals surface area contributed by atoms with E-state index in [0.717, 1.165) is 38.1 Å². The average molecular weight is 308 g/mol. The third kappa shape index (κ3) is 4.34. The molecule has 2 rings (SSSR count). The first-order valence-electron chi connectivity index (χ1n) is 7.71. The van der Waals surface area contributed by atoms with E-state index in [1.807, 2.05) is 6.92 Å². The number of ether oxygens (including phenoxy) is 1. The second-order valence-electron chi connectivity index (χ2n) is 5.79. The molecule has 0 radical (unpaired) electrons. The van der Waals surface area contributed by atoms with Gasteiger partial charge in [-0.2, -0.15) is 0 Å². The van der Waals surface area contributed by atoms with Gasteiger partial charge in [0.25, 0.3) is 0 Å². The molecule has 2 heterocycles. The van der Waals surface area contributed by atoms with E-state index in [1.54, 1.807) is 31.1 Å². The molecule has 0 unspecified atom stereocenters. The number of amides is 1. The highest BCUT2D eigenvalue weighted by Gasteiger charge is 2.25. The van der Waals surface area contributed by atoms with Crippen LogP contribution in [0.15, 0.2) is 16.5 Å². The lowest BCUT2D eigenvalue weighted by Gasteiger charge is -2.31. The highest BCUT2D eigenvalue weighted by atomic mass is 16.6. The first kappa shape index (κ1) is 16.5. The van der Waals surface area contributed by atoms with Crippen molar-refractivity contribution in [1.82, 2.24) is 9.80 Å². The van der Waals surface area contributed by atoms with Gasteiger partial charge in [0.15, 0.2) is 0 Å². The number of rotatable bonds is 5. The van der Waals surface area contributed by atoms with Crippen molar-refractivity contribution in [2.24, 2.45) is 0 Å². The Morgan fingerprint density at radius 2 is 2.00 bits per heavy atom. The van der Waals surface area contributed by atoms with E-state index < -0.39 is 5.97 Å². The van der Waals surface area contributed by atoms with Gasteiger partial charge >= 0.3 is 5.97 Å². The predicted octanol–water partition coefficient (Wildman–Crippen LogP) is 1.55. The summed E-state index contributed by atoms with van der Waals surface area (Å²) in [5, 5.41) is 0. The molecule has 6 heteroatoms. The van der Waals surface area contributed by atoms with Gasteiger partial charge in [-0.3, -0.25) is 9.69 Å². The lowest BCUT2D eigenvalue weighted by molar-refractivity contribution is -0.130. The zero-order valence-corrected chi connectivity index (χ0v) is 13.5. The zero-order chi connectivity index (χ0) is 16.1. The van der Waals surface area contributed by atoms with Gasteiger partial charge in [-0.1, -0.05) is 6.92 Å². The van der Waals surface area contributed by atoms with Crippen LogP contribution in [-0.2, 0) is 16.0 Å². The van der Waals surface area contributed by atoms with Gasteiger partial charge in [-0.25, -0.2) is 4.79 Å². The minimum atomic E-state index is -0.400. The number of hydrogen-bond donors (Lipinski definition) is 0. The van der Waals surface area contributed by atoms with Crippen LogP contribution in [0.3, 0.4) is 0 Å². The van der Waals surface area contributed by atoms with Crippen LogP contribution in [0.2, 0.25) is 0 Å². The molecule has 0 saturated carbocycles. The number of aryl methyl sites for hydroxylation is 1. The van der Waals surface area contributed by atoms with Gasteiger partial charge in [0.05, 0.1) is 6.54 Å². The van der Waals surface area contributed by atoms with Crippen LogP contribution >= 0.6 is 0 Å². The summed E-state index contributed by atoms with van der Waals surface area (Å²) in [6.07, 6.45) is 2.14. The van der Waals surface area contributed by atoms with Crippen LogP contribution < -0.4 is 0 Å². The minimum Gasteiger partial charge on any atom is -0.456 e. The molecule has 0 aliphatic carbocycles. The Morgan fingerprint density at radius 3 is 2.55 bits per heavy atom. The van der Waals surface area contributed by atoms with Crippen LogP contribution in [0, 0.1) is 0 Å². The Hall–Kier alpha value is -1.82. The third-order valence-corrected chi connectivity index (χ3v) is 3.88. The van der Waals surface area contributed by atoms with E-state index in [-0.39, 0.29) is 17.8 Å². The monoisotopic (exact) mass is 308 g/mol. The molecule has 1 fully saturated rings. The first-order valence-corrected chi connectivity index (χ1v) is 7.71. The van der Waals surface area contributed by atoms with Crippen molar-refractivity contribution in [3.63, 3.8) is 0 Å². The van der Waals surface area contributed by atoms with Gasteiger partial charge in [0.2, 0.25) is 11.7 Å². The number of furan rings is 1. The maximum Gasteiger partial charge on any atom is 0.374 e. The molecule has 1 aromatic rings. The van der Waals surface area contributed by atoms with Crippen LogP contribution in [0.4, 0.5) is 0 Å². The summed E-state index contributed by atoms with van der Waals surface area (Å²) in [6, 6.07) is 3.46. The maximum atomic E-state index is 12.0. The third-order valence-electron chi connectivity index (χ3n) is 3.88. The molecule has 6 nitrogen and oxygen atoms in total. The summed E-state index contributed by atoms with van der Waals surface area (Å²) in [7, 11) is 3.51. The topological polar surface area (TPSA) is 63.0 Å². The van der Waals surface area contributed by atoms with E-state index in [2.05, 4.69) is 4.90 Å². The highest BCUT2D eigenvalue weighted by Crippen LogP contribution is 2.17. The van der Waals surface area contributed by atoms with Crippen LogP contribution in [0.25, 0.3) is 0 Å². The molecule has 0 atom stereocenters. The number of hydrogen-bond acceptors (Lipinski definition) is 5. The summed E-state index contributed by atoms with van der Waals surface area (Å²) in [4.78, 5) is 27.4. The molecule has 1 amide bonds. The van der Waals surface area contributed by atoms with Gasteiger partial charge < -0.3 is 14.1 Å². The van der Waals surface area contributed by atoms with E-state index in [1.165, 1.54) is 0 Å². The standard InChI is InChI=1S/C16H24N2O4/c1-4-12-5-6-14(21-12)16(20)22-13-7-9-18(10-8-13)11-15(19)17(2)3/h5-6,13H,4,7-11H2,1-3H3. The number of carbonyl (C=O) groups is 2. The molecule has 22 heavy (non-hydrogen) atoms. The van der Waals surface area contributed by atoms with Crippen molar-refractivity contribution in [3.05, 3.63) is 23.7 Å². The number of carbonyl (C=O) groups excluding carboxylic acids is 2. The first-order chi connectivity index (χ1) is 10.5. The van der Waals surface area contributed by atoms with E-state index in [0.29, 0.717) is 6.54 Å². The molecule has 122 valence electrons. The van der Waals surface area contributed by atoms with Crippen molar-refractivity contribution in [2.75, 3.05) is 33.7 Å². The van der Waals surface area contributed by atoms with Crippen molar-refractivity contribution in [1.29, 1.82) is 0 Å². The van der Waals surface area contributed by atoms with E-state index in [4.69, 9.17) is 9.15 Å². The molecular weight excluding hydrogens is 284 g/mol. The van der Waals surface area contributed by atoms with Gasteiger partial charge in [-0.05, 0) is 25.0 Å². The smallest absolute Gasteiger partial charge is 0.374 e. The van der Waals surface area contributed by atoms with Crippen LogP contribution in [0.1, 0.15) is 36.1 Å². The molecule has 1 aliphatic rings. The van der Waals surface area contributed by atoms with Crippen LogP contribution in [-0.4, -0.2) is 61.5 Å². The number of likely N-dealkylation sites (N-methyl/N-ethyl adjacent to an activating group) is 1. The fourth-order valence-electron chi connectivity index (χ4n) is 2.41.